The Bertz CT molecular complexity index is 599. The summed E-state index contributed by atoms with van der Waals surface area (Å²) >= 11 is 2.15. The number of alkyl halides is 3. The van der Waals surface area contributed by atoms with Crippen molar-refractivity contribution in [3.05, 3.63) is 23.5 Å². The zero-order valence-electron chi connectivity index (χ0n) is 10.2. The molecular weight excluding hydrogens is 311 g/mol. The van der Waals surface area contributed by atoms with Crippen molar-refractivity contribution >= 4 is 29.1 Å². The van der Waals surface area contributed by atoms with Crippen molar-refractivity contribution in [2.45, 2.75) is 28.9 Å². The first-order valence-electron chi connectivity index (χ1n) is 5.48. The number of hydrogen-bond donors (Lipinski definition) is 2. The fourth-order valence-electron chi connectivity index (χ4n) is 1.31. The van der Waals surface area contributed by atoms with Crippen LogP contribution in [0.3, 0.4) is 0 Å². The predicted molar refractivity (Wildman–Crippen MR) is 70.5 cm³/mol. The zero-order chi connectivity index (χ0) is 14.8. The Morgan fingerprint density at radius 2 is 2.10 bits per heavy atom. The molecule has 0 fully saturated rings. The number of pyridine rings is 1. The molecule has 2 heterocycles. The van der Waals surface area contributed by atoms with Gasteiger partial charge in [0.15, 0.2) is 4.34 Å². The maximum Gasteiger partial charge on any atom is 0.416 e. The highest BCUT2D eigenvalue weighted by atomic mass is 32.2. The molecule has 0 saturated carbocycles. The fourth-order valence-corrected chi connectivity index (χ4v) is 2.98. The summed E-state index contributed by atoms with van der Waals surface area (Å²) in [6.07, 6.45) is -3.79. The average Bonchev–Trinajstić information content (AvgIpc) is 2.85. The second-order valence-corrected chi connectivity index (χ2v) is 5.67. The zero-order valence-corrected chi connectivity index (χ0v) is 11.9. The minimum atomic E-state index is -4.46. The van der Waals surface area contributed by atoms with Gasteiger partial charge < -0.3 is 5.43 Å². The second kappa shape index (κ2) is 5.94. The van der Waals surface area contributed by atoms with Gasteiger partial charge in [-0.2, -0.15) is 17.5 Å². The molecule has 0 amide bonds. The molecule has 0 aliphatic rings. The summed E-state index contributed by atoms with van der Waals surface area (Å²) < 4.78 is 42.9. The third-order valence-electron chi connectivity index (χ3n) is 2.23. The predicted octanol–water partition coefficient (Wildman–Crippen LogP) is 2.95. The maximum atomic E-state index is 12.8. The summed E-state index contributed by atoms with van der Waals surface area (Å²) in [5.41, 5.74) is 1.31. The monoisotopic (exact) mass is 321 g/mol. The molecule has 20 heavy (non-hydrogen) atoms. The molecule has 10 heteroatoms. The summed E-state index contributed by atoms with van der Waals surface area (Å²) in [5.74, 6) is 5.74. The van der Waals surface area contributed by atoms with Crippen LogP contribution in [0.4, 0.5) is 19.0 Å². The minimum absolute atomic E-state index is 0.0532. The van der Waals surface area contributed by atoms with Gasteiger partial charge in [0.05, 0.1) is 5.56 Å². The number of rotatable bonds is 4. The number of nitrogen functional groups attached to an aromatic ring is 1. The van der Waals surface area contributed by atoms with E-state index < -0.39 is 11.7 Å². The molecule has 0 unspecified atom stereocenters. The quantitative estimate of drug-likeness (QED) is 0.666. The highest BCUT2D eigenvalue weighted by molar-refractivity contribution is 8.00. The molecule has 2 rings (SSSR count). The van der Waals surface area contributed by atoms with Crippen LogP contribution in [0, 0.1) is 0 Å². The lowest BCUT2D eigenvalue weighted by molar-refractivity contribution is -0.137. The fraction of sp³-hybridized carbons (Fsp3) is 0.300. The molecule has 2 aromatic rings. The Morgan fingerprint density at radius 1 is 1.35 bits per heavy atom. The summed E-state index contributed by atoms with van der Waals surface area (Å²) in [7, 11) is 0. The highest BCUT2D eigenvalue weighted by Crippen LogP contribution is 2.35. The number of hydrogen-bond acceptors (Lipinski definition) is 7. The molecule has 0 aliphatic heterocycles. The van der Waals surface area contributed by atoms with Gasteiger partial charge in [-0.25, -0.2) is 15.8 Å². The van der Waals surface area contributed by atoms with E-state index in [9.17, 15) is 13.2 Å². The normalized spacial score (nSPS) is 11.7. The largest absolute Gasteiger partial charge is 0.416 e. The number of aromatic nitrogens is 3. The molecule has 0 atom stereocenters. The first-order chi connectivity index (χ1) is 9.42. The first kappa shape index (κ1) is 15.0. The molecule has 0 aliphatic carbocycles. The van der Waals surface area contributed by atoms with E-state index in [1.165, 1.54) is 0 Å². The van der Waals surface area contributed by atoms with E-state index in [1.54, 1.807) is 0 Å². The number of hydrazine groups is 1. The van der Waals surface area contributed by atoms with Crippen molar-refractivity contribution < 1.29 is 13.2 Å². The summed E-state index contributed by atoms with van der Waals surface area (Å²) in [6, 6.07) is 1.81. The number of anilines is 1. The van der Waals surface area contributed by atoms with Crippen LogP contribution in [0.25, 0.3) is 0 Å². The summed E-state index contributed by atoms with van der Waals surface area (Å²) in [4.78, 5) is 8.13. The molecule has 108 valence electrons. The lowest BCUT2D eigenvalue weighted by Gasteiger charge is -2.10. The molecule has 0 radical (unpaired) electrons. The van der Waals surface area contributed by atoms with Gasteiger partial charge in [-0.05, 0) is 35.4 Å². The van der Waals surface area contributed by atoms with Crippen LogP contribution in [0.1, 0.15) is 18.3 Å². The standard InChI is InChI=1S/C10H10F3N5S2/c1-2-6-16-9(20-18-6)19-8-4-5(10(11,12)13)3-7(15-8)17-14/h3-4H,2,14H2,1H3,(H,15,17). The molecule has 2 aromatic heterocycles. The first-order valence-corrected chi connectivity index (χ1v) is 7.07. The van der Waals surface area contributed by atoms with Gasteiger partial charge in [-0.1, -0.05) is 6.92 Å². The van der Waals surface area contributed by atoms with E-state index in [4.69, 9.17) is 5.84 Å². The number of nitrogens with one attached hydrogen (secondary N) is 1. The highest BCUT2D eigenvalue weighted by Gasteiger charge is 2.31. The van der Waals surface area contributed by atoms with E-state index in [0.717, 1.165) is 35.4 Å². The number of nitrogens with two attached hydrogens (primary N) is 1. The molecule has 3 N–H and O–H groups in total. The van der Waals surface area contributed by atoms with E-state index in [1.807, 2.05) is 6.92 Å². The topological polar surface area (TPSA) is 76.7 Å². The Balaban J connectivity index is 2.31. The Morgan fingerprint density at radius 3 is 2.65 bits per heavy atom. The lowest BCUT2D eigenvalue weighted by atomic mass is 10.2. The van der Waals surface area contributed by atoms with Gasteiger partial charge in [0.2, 0.25) is 0 Å². The van der Waals surface area contributed by atoms with Crippen molar-refractivity contribution in [3.63, 3.8) is 0 Å². The van der Waals surface area contributed by atoms with Crippen molar-refractivity contribution in [2.75, 3.05) is 5.43 Å². The van der Waals surface area contributed by atoms with E-state index in [-0.39, 0.29) is 10.8 Å². The third kappa shape index (κ3) is 3.58. The maximum absolute atomic E-state index is 12.8. The number of aryl methyl sites for hydroxylation is 1. The van der Waals surface area contributed by atoms with Crippen LogP contribution in [-0.4, -0.2) is 14.3 Å². The van der Waals surface area contributed by atoms with Crippen molar-refractivity contribution in [2.24, 2.45) is 5.84 Å². The number of halogens is 3. The molecular formula is C10H10F3N5S2. The lowest BCUT2D eigenvalue weighted by Crippen LogP contribution is -2.12. The Labute approximate surface area is 121 Å². The van der Waals surface area contributed by atoms with Crippen LogP contribution in [0.5, 0.6) is 0 Å². The van der Waals surface area contributed by atoms with Gasteiger partial charge in [-0.3, -0.25) is 0 Å². The van der Waals surface area contributed by atoms with Gasteiger partial charge in [0.25, 0.3) is 0 Å². The third-order valence-corrected chi connectivity index (χ3v) is 3.94. The Hall–Kier alpha value is -1.39. The second-order valence-electron chi connectivity index (χ2n) is 3.65. The van der Waals surface area contributed by atoms with Crippen LogP contribution >= 0.6 is 23.3 Å². The van der Waals surface area contributed by atoms with Gasteiger partial charge in [0.1, 0.15) is 16.7 Å². The van der Waals surface area contributed by atoms with Gasteiger partial charge >= 0.3 is 6.18 Å². The Kier molecular flexibility index (Phi) is 4.45. The molecule has 0 bridgehead atoms. The molecule has 0 spiro atoms. The van der Waals surface area contributed by atoms with Gasteiger partial charge in [-0.15, -0.1) is 0 Å². The van der Waals surface area contributed by atoms with E-state index in [2.05, 4.69) is 19.8 Å². The molecule has 5 nitrogen and oxygen atoms in total. The van der Waals surface area contributed by atoms with Crippen LogP contribution in [0.2, 0.25) is 0 Å². The van der Waals surface area contributed by atoms with Crippen LogP contribution in [-0.2, 0) is 12.6 Å². The SMILES string of the molecule is CCc1nsc(Sc2cc(C(F)(F)F)cc(NN)n2)n1. The average molecular weight is 321 g/mol. The minimum Gasteiger partial charge on any atom is -0.308 e. The van der Waals surface area contributed by atoms with Crippen molar-refractivity contribution in [1.29, 1.82) is 0 Å². The molecule has 0 saturated heterocycles. The van der Waals surface area contributed by atoms with E-state index in [0.29, 0.717) is 16.6 Å². The van der Waals surface area contributed by atoms with Crippen molar-refractivity contribution in [1.82, 2.24) is 14.3 Å². The van der Waals surface area contributed by atoms with Crippen LogP contribution in [0.15, 0.2) is 21.5 Å². The van der Waals surface area contributed by atoms with E-state index >= 15 is 0 Å². The summed E-state index contributed by atoms with van der Waals surface area (Å²) in [5, 5.41) is 0.159. The summed E-state index contributed by atoms with van der Waals surface area (Å²) in [6.45, 7) is 1.90. The smallest absolute Gasteiger partial charge is 0.308 e. The number of nitrogens with zero attached hydrogens (tertiary/aromatic N) is 3. The van der Waals surface area contributed by atoms with Crippen LogP contribution < -0.4 is 11.3 Å². The van der Waals surface area contributed by atoms with Gasteiger partial charge in [0, 0.05) is 6.42 Å². The van der Waals surface area contributed by atoms with Crippen molar-refractivity contribution in [3.8, 4) is 0 Å². The molecule has 0 aromatic carbocycles.